The van der Waals surface area contributed by atoms with Gasteiger partial charge in [0.1, 0.15) is 19.0 Å². The number of hydrogen-bond acceptors (Lipinski definition) is 3. The Morgan fingerprint density at radius 3 is 2.48 bits per heavy atom. The molecule has 21 heavy (non-hydrogen) atoms. The molecule has 1 heterocycles. The fourth-order valence-corrected chi connectivity index (χ4v) is 2.04. The maximum absolute atomic E-state index is 12.8. The molecule has 0 saturated carbocycles. The van der Waals surface area contributed by atoms with Crippen molar-refractivity contribution >= 4 is 11.9 Å². The number of benzene rings is 2. The molecule has 0 bridgehead atoms. The molecule has 2 aromatic rings. The number of halogens is 1. The molecule has 0 aliphatic carbocycles. The van der Waals surface area contributed by atoms with E-state index in [1.165, 1.54) is 18.2 Å². The second-order valence-corrected chi connectivity index (χ2v) is 4.61. The summed E-state index contributed by atoms with van der Waals surface area (Å²) in [7, 11) is 0. The first kappa shape index (κ1) is 13.4. The normalized spacial score (nSPS) is 13.4. The number of carbonyl (C=O) groups excluding carboxylic acids is 1. The molecule has 0 radical (unpaired) electrons. The molecule has 0 N–H and O–H groups in total. The second kappa shape index (κ2) is 5.79. The Morgan fingerprint density at radius 1 is 1.00 bits per heavy atom. The number of ether oxygens (including phenoxy) is 2. The lowest BCUT2D eigenvalue weighted by Gasteiger charge is -2.18. The monoisotopic (exact) mass is 284 g/mol. The summed E-state index contributed by atoms with van der Waals surface area (Å²) >= 11 is 0. The number of fused-ring (bicyclic) bond motifs is 1. The molecular weight excluding hydrogens is 271 g/mol. The number of hydrogen-bond donors (Lipinski definition) is 0. The average molecular weight is 284 g/mol. The third kappa shape index (κ3) is 3.11. The zero-order chi connectivity index (χ0) is 14.7. The summed E-state index contributed by atoms with van der Waals surface area (Å²) in [5, 5.41) is 0. The van der Waals surface area contributed by atoms with E-state index in [2.05, 4.69) is 0 Å². The van der Waals surface area contributed by atoms with Crippen molar-refractivity contribution in [2.45, 2.75) is 0 Å². The van der Waals surface area contributed by atoms with E-state index < -0.39 is 0 Å². The molecule has 0 aromatic heterocycles. The molecule has 0 unspecified atom stereocenters. The van der Waals surface area contributed by atoms with Crippen molar-refractivity contribution in [1.29, 1.82) is 0 Å². The molecule has 3 nitrogen and oxygen atoms in total. The molecule has 0 amide bonds. The van der Waals surface area contributed by atoms with Crippen LogP contribution in [0.15, 0.2) is 48.5 Å². The van der Waals surface area contributed by atoms with Crippen LogP contribution in [-0.4, -0.2) is 19.0 Å². The predicted molar refractivity (Wildman–Crippen MR) is 77.2 cm³/mol. The summed E-state index contributed by atoms with van der Waals surface area (Å²) < 4.78 is 23.7. The van der Waals surface area contributed by atoms with Gasteiger partial charge in [-0.25, -0.2) is 4.39 Å². The van der Waals surface area contributed by atoms with Gasteiger partial charge in [-0.2, -0.15) is 0 Å². The molecule has 2 aromatic carbocycles. The van der Waals surface area contributed by atoms with Crippen LogP contribution in [-0.2, 0) is 0 Å². The van der Waals surface area contributed by atoms with Crippen molar-refractivity contribution in [2.75, 3.05) is 13.2 Å². The van der Waals surface area contributed by atoms with Crippen molar-refractivity contribution in [2.24, 2.45) is 0 Å². The van der Waals surface area contributed by atoms with Crippen LogP contribution in [0.5, 0.6) is 11.5 Å². The van der Waals surface area contributed by atoms with Crippen LogP contribution in [0.2, 0.25) is 0 Å². The van der Waals surface area contributed by atoms with E-state index >= 15 is 0 Å². The fourth-order valence-electron chi connectivity index (χ4n) is 2.04. The lowest BCUT2D eigenvalue weighted by molar-refractivity contribution is 0.104. The maximum Gasteiger partial charge on any atom is 0.185 e. The Morgan fingerprint density at radius 2 is 1.71 bits per heavy atom. The third-order valence-electron chi connectivity index (χ3n) is 3.12. The minimum atomic E-state index is -0.301. The standard InChI is InChI=1S/C17H13FO3/c18-14-5-1-12(2-6-14)3-7-15(19)13-4-8-16-17(11-13)21-10-9-20-16/h1-8,11H,9-10H2/b7-3+. The molecule has 0 fully saturated rings. The van der Waals surface area contributed by atoms with Crippen molar-refractivity contribution in [3.63, 3.8) is 0 Å². The van der Waals surface area contributed by atoms with Gasteiger partial charge in [-0.3, -0.25) is 4.79 Å². The Labute approximate surface area is 121 Å². The van der Waals surface area contributed by atoms with Gasteiger partial charge in [0.05, 0.1) is 0 Å². The molecule has 1 aliphatic heterocycles. The van der Waals surface area contributed by atoms with E-state index in [-0.39, 0.29) is 11.6 Å². The molecule has 3 rings (SSSR count). The topological polar surface area (TPSA) is 35.5 Å². The average Bonchev–Trinajstić information content (AvgIpc) is 2.53. The van der Waals surface area contributed by atoms with Crippen LogP contribution in [0.4, 0.5) is 4.39 Å². The number of allylic oxidation sites excluding steroid dienone is 1. The van der Waals surface area contributed by atoms with Crippen LogP contribution < -0.4 is 9.47 Å². The van der Waals surface area contributed by atoms with Gasteiger partial charge in [-0.1, -0.05) is 18.2 Å². The zero-order valence-electron chi connectivity index (χ0n) is 11.2. The Hall–Kier alpha value is -2.62. The first-order chi connectivity index (χ1) is 10.2. The Balaban J connectivity index is 1.77. The quantitative estimate of drug-likeness (QED) is 0.639. The summed E-state index contributed by atoms with van der Waals surface area (Å²) in [6, 6.07) is 11.0. The summed E-state index contributed by atoms with van der Waals surface area (Å²) in [6.07, 6.45) is 3.11. The van der Waals surface area contributed by atoms with Crippen LogP contribution >= 0.6 is 0 Å². The Kier molecular flexibility index (Phi) is 3.69. The van der Waals surface area contributed by atoms with Crippen molar-refractivity contribution in [3.8, 4) is 11.5 Å². The highest BCUT2D eigenvalue weighted by atomic mass is 19.1. The predicted octanol–water partition coefficient (Wildman–Crippen LogP) is 3.49. The van der Waals surface area contributed by atoms with E-state index in [1.807, 2.05) is 0 Å². The van der Waals surface area contributed by atoms with Crippen LogP contribution in [0, 0.1) is 5.82 Å². The molecule has 106 valence electrons. The molecule has 0 saturated heterocycles. The van der Waals surface area contributed by atoms with Crippen LogP contribution in [0.25, 0.3) is 6.08 Å². The first-order valence-corrected chi connectivity index (χ1v) is 6.60. The van der Waals surface area contributed by atoms with Gasteiger partial charge in [0.15, 0.2) is 17.3 Å². The minimum Gasteiger partial charge on any atom is -0.486 e. The largest absolute Gasteiger partial charge is 0.486 e. The summed E-state index contributed by atoms with van der Waals surface area (Å²) in [4.78, 5) is 12.1. The molecule has 4 heteroatoms. The van der Waals surface area contributed by atoms with Gasteiger partial charge in [0.2, 0.25) is 0 Å². The highest BCUT2D eigenvalue weighted by Crippen LogP contribution is 2.30. The number of rotatable bonds is 3. The van der Waals surface area contributed by atoms with E-state index in [4.69, 9.17) is 9.47 Å². The van der Waals surface area contributed by atoms with E-state index in [9.17, 15) is 9.18 Å². The fraction of sp³-hybridized carbons (Fsp3) is 0.118. The number of ketones is 1. The summed E-state index contributed by atoms with van der Waals surface area (Å²) in [5.74, 6) is 0.796. The molecular formula is C17H13FO3. The van der Waals surface area contributed by atoms with Gasteiger partial charge in [-0.15, -0.1) is 0 Å². The second-order valence-electron chi connectivity index (χ2n) is 4.61. The molecule has 1 aliphatic rings. The van der Waals surface area contributed by atoms with E-state index in [0.29, 0.717) is 30.3 Å². The lowest BCUT2D eigenvalue weighted by Crippen LogP contribution is -2.15. The van der Waals surface area contributed by atoms with Crippen molar-refractivity contribution in [1.82, 2.24) is 0 Å². The smallest absolute Gasteiger partial charge is 0.185 e. The van der Waals surface area contributed by atoms with Crippen LogP contribution in [0.3, 0.4) is 0 Å². The van der Waals surface area contributed by atoms with Crippen molar-refractivity contribution < 1.29 is 18.7 Å². The van der Waals surface area contributed by atoms with Gasteiger partial charge in [0, 0.05) is 5.56 Å². The van der Waals surface area contributed by atoms with Crippen LogP contribution in [0.1, 0.15) is 15.9 Å². The summed E-state index contributed by atoms with van der Waals surface area (Å²) in [6.45, 7) is 1.00. The number of carbonyl (C=O) groups is 1. The van der Waals surface area contributed by atoms with E-state index in [1.54, 1.807) is 36.4 Å². The van der Waals surface area contributed by atoms with Gasteiger partial charge in [0.25, 0.3) is 0 Å². The SMILES string of the molecule is O=C(/C=C/c1ccc(F)cc1)c1ccc2c(c1)OCCO2. The van der Waals surface area contributed by atoms with E-state index in [0.717, 1.165) is 5.56 Å². The third-order valence-corrected chi connectivity index (χ3v) is 3.12. The Bertz CT molecular complexity index is 690. The van der Waals surface area contributed by atoms with Gasteiger partial charge in [-0.05, 0) is 42.0 Å². The lowest BCUT2D eigenvalue weighted by atomic mass is 10.1. The molecule has 0 atom stereocenters. The summed E-state index contributed by atoms with van der Waals surface area (Å²) in [5.41, 5.74) is 1.29. The van der Waals surface area contributed by atoms with Gasteiger partial charge < -0.3 is 9.47 Å². The van der Waals surface area contributed by atoms with Gasteiger partial charge >= 0.3 is 0 Å². The first-order valence-electron chi connectivity index (χ1n) is 6.60. The highest BCUT2D eigenvalue weighted by molar-refractivity contribution is 6.07. The van der Waals surface area contributed by atoms with Crippen molar-refractivity contribution in [3.05, 3.63) is 65.5 Å². The maximum atomic E-state index is 12.8. The highest BCUT2D eigenvalue weighted by Gasteiger charge is 2.13. The molecule has 0 spiro atoms. The zero-order valence-corrected chi connectivity index (χ0v) is 11.2. The minimum absolute atomic E-state index is 0.142.